The Morgan fingerprint density at radius 1 is 0.907 bits per heavy atom. The molecule has 0 unspecified atom stereocenters. The summed E-state index contributed by atoms with van der Waals surface area (Å²) in [6.45, 7) is 6.06. The van der Waals surface area contributed by atoms with E-state index in [1.807, 2.05) is 0 Å². The van der Waals surface area contributed by atoms with Crippen LogP contribution in [0.2, 0.25) is 0 Å². The second-order valence-corrected chi connectivity index (χ2v) is 10.7. The number of Topliss-reactive ketones (excluding diaryl/α,β-unsaturated/α-hetero) is 1. The molecular formula is C31H34N2O10. The normalized spacial score (nSPS) is 21.0. The number of aromatic hydroxyl groups is 3. The van der Waals surface area contributed by atoms with Gasteiger partial charge in [0.25, 0.3) is 5.91 Å². The first-order valence-electron chi connectivity index (χ1n) is 13.6. The molecule has 1 saturated heterocycles. The Morgan fingerprint density at radius 2 is 1.51 bits per heavy atom. The Kier molecular flexibility index (Phi) is 7.29. The first-order valence-corrected chi connectivity index (χ1v) is 13.6. The molecule has 1 amide bonds. The average Bonchev–Trinajstić information content (AvgIpc) is 2.98. The molecule has 2 bridgehead atoms. The smallest absolute Gasteiger partial charge is 0.333 e. The minimum absolute atomic E-state index is 0.0198. The van der Waals surface area contributed by atoms with Crippen LogP contribution in [0.1, 0.15) is 64.1 Å². The molecule has 12 heteroatoms. The number of piperazine rings is 1. The summed E-state index contributed by atoms with van der Waals surface area (Å²) in [5, 5.41) is 33.9. The van der Waals surface area contributed by atoms with E-state index in [0.29, 0.717) is 16.7 Å². The van der Waals surface area contributed by atoms with E-state index in [0.717, 1.165) is 0 Å². The van der Waals surface area contributed by atoms with E-state index < -0.39 is 41.5 Å². The van der Waals surface area contributed by atoms with Gasteiger partial charge in [-0.2, -0.15) is 0 Å². The number of ether oxygens (including phenoxy) is 4. The number of methoxy groups -OCH3 is 3. The summed E-state index contributed by atoms with van der Waals surface area (Å²) in [5.41, 5.74) is 1.61. The highest BCUT2D eigenvalue weighted by Crippen LogP contribution is 2.58. The van der Waals surface area contributed by atoms with Gasteiger partial charge in [0.2, 0.25) is 0 Å². The van der Waals surface area contributed by atoms with Crippen LogP contribution in [0.15, 0.2) is 17.3 Å². The van der Waals surface area contributed by atoms with Gasteiger partial charge in [-0.3, -0.25) is 14.5 Å². The Balaban J connectivity index is 1.85. The van der Waals surface area contributed by atoms with Crippen molar-refractivity contribution in [3.8, 4) is 34.5 Å². The quantitative estimate of drug-likeness (QED) is 0.195. The lowest BCUT2D eigenvalue weighted by atomic mass is 9.77. The van der Waals surface area contributed by atoms with Crippen LogP contribution in [0.4, 0.5) is 0 Å². The summed E-state index contributed by atoms with van der Waals surface area (Å²) >= 11 is 0. The number of ketones is 1. The van der Waals surface area contributed by atoms with Crippen molar-refractivity contribution in [2.45, 2.75) is 45.8 Å². The molecule has 3 atom stereocenters. The highest BCUT2D eigenvalue weighted by atomic mass is 16.5. The van der Waals surface area contributed by atoms with Crippen molar-refractivity contribution in [2.24, 2.45) is 0 Å². The molecule has 0 spiro atoms. The Bertz CT molecular complexity index is 1660. The second kappa shape index (κ2) is 10.5. The summed E-state index contributed by atoms with van der Waals surface area (Å²) in [7, 11) is 5.72. The maximum absolute atomic E-state index is 14.3. The number of amides is 1. The molecule has 3 N–H and O–H groups in total. The van der Waals surface area contributed by atoms with E-state index >= 15 is 0 Å². The molecular weight excluding hydrogens is 560 g/mol. The van der Waals surface area contributed by atoms with E-state index in [4.69, 9.17) is 18.9 Å². The number of esters is 1. The van der Waals surface area contributed by atoms with Crippen LogP contribution < -0.4 is 14.2 Å². The number of carbonyl (C=O) groups excluding carboxylic acids is 3. The van der Waals surface area contributed by atoms with Gasteiger partial charge < -0.3 is 39.2 Å². The second-order valence-electron chi connectivity index (χ2n) is 10.7. The third kappa shape index (κ3) is 3.96. The summed E-state index contributed by atoms with van der Waals surface area (Å²) < 4.78 is 22.3. The van der Waals surface area contributed by atoms with Gasteiger partial charge in [0.15, 0.2) is 34.8 Å². The number of phenolic OH excluding ortho intramolecular Hbond substituents is 3. The lowest BCUT2D eigenvalue weighted by molar-refractivity contribution is -0.148. The number of benzene rings is 2. The SMILES string of the molecule is C/C=C(/C)C(=O)OC[C@H]1c2c(c(O)c(C)c(OC)c2OC)C=C2[C@H]3c4c(O)c(OC)c(C)c(O)c4C(=O)[C@H](C(=O)N21)N3C. The zero-order valence-electron chi connectivity index (χ0n) is 25.2. The first-order chi connectivity index (χ1) is 20.4. The molecule has 1 fully saturated rings. The molecule has 0 aliphatic carbocycles. The molecule has 228 valence electrons. The third-order valence-corrected chi connectivity index (χ3v) is 8.65. The lowest BCUT2D eigenvalue weighted by Gasteiger charge is -2.52. The molecule has 3 aliphatic heterocycles. The summed E-state index contributed by atoms with van der Waals surface area (Å²) in [6, 6.07) is -3.40. The number of hydrogen-bond donors (Lipinski definition) is 3. The number of rotatable bonds is 6. The average molecular weight is 595 g/mol. The maximum atomic E-state index is 14.3. The number of carbonyl (C=O) groups is 3. The van der Waals surface area contributed by atoms with Gasteiger partial charge in [0.1, 0.15) is 24.1 Å². The fraction of sp³-hybridized carbons (Fsp3) is 0.387. The topological polar surface area (TPSA) is 155 Å². The van der Waals surface area contributed by atoms with E-state index in [1.165, 1.54) is 38.1 Å². The minimum Gasteiger partial charge on any atom is -0.507 e. The van der Waals surface area contributed by atoms with Gasteiger partial charge in [-0.1, -0.05) is 6.08 Å². The lowest BCUT2D eigenvalue weighted by Crippen LogP contribution is -2.62. The number of nitrogens with zero attached hydrogens (tertiary/aromatic N) is 2. The molecule has 3 heterocycles. The molecule has 12 nitrogen and oxygen atoms in total. The van der Waals surface area contributed by atoms with Gasteiger partial charge in [0, 0.05) is 39.1 Å². The maximum Gasteiger partial charge on any atom is 0.333 e. The number of fused-ring (bicyclic) bond motifs is 7. The highest BCUT2D eigenvalue weighted by molar-refractivity contribution is 6.18. The van der Waals surface area contributed by atoms with Gasteiger partial charge in [0.05, 0.1) is 32.9 Å². The molecule has 0 saturated carbocycles. The first kappa shape index (κ1) is 29.8. The van der Waals surface area contributed by atoms with E-state index in [9.17, 15) is 29.7 Å². The van der Waals surface area contributed by atoms with Crippen molar-refractivity contribution in [2.75, 3.05) is 35.0 Å². The summed E-state index contributed by atoms with van der Waals surface area (Å²) in [6.07, 6.45) is 3.17. The van der Waals surface area contributed by atoms with Crippen molar-refractivity contribution >= 4 is 23.7 Å². The zero-order chi connectivity index (χ0) is 31.7. The predicted molar refractivity (Wildman–Crippen MR) is 154 cm³/mol. The largest absolute Gasteiger partial charge is 0.507 e. The van der Waals surface area contributed by atoms with Gasteiger partial charge in [-0.25, -0.2) is 4.79 Å². The van der Waals surface area contributed by atoms with Gasteiger partial charge >= 0.3 is 5.97 Å². The summed E-state index contributed by atoms with van der Waals surface area (Å²) in [4.78, 5) is 43.9. The Labute approximate surface area is 248 Å². The zero-order valence-corrected chi connectivity index (χ0v) is 25.2. The molecule has 2 aromatic rings. The van der Waals surface area contributed by atoms with Crippen LogP contribution in [0.5, 0.6) is 34.5 Å². The highest BCUT2D eigenvalue weighted by Gasteiger charge is 2.57. The van der Waals surface area contributed by atoms with Crippen LogP contribution in [0, 0.1) is 13.8 Å². The fourth-order valence-electron chi connectivity index (χ4n) is 6.39. The molecule has 5 rings (SSSR count). The van der Waals surface area contributed by atoms with Crippen LogP contribution in [0.3, 0.4) is 0 Å². The fourth-order valence-corrected chi connectivity index (χ4v) is 6.39. The number of phenols is 3. The number of hydrogen-bond acceptors (Lipinski definition) is 11. The van der Waals surface area contributed by atoms with Crippen molar-refractivity contribution in [3.05, 3.63) is 50.7 Å². The summed E-state index contributed by atoms with van der Waals surface area (Å²) in [5.74, 6) is -2.47. The van der Waals surface area contributed by atoms with Crippen molar-refractivity contribution in [1.82, 2.24) is 9.80 Å². The van der Waals surface area contributed by atoms with Crippen LogP contribution in [-0.2, 0) is 14.3 Å². The molecule has 3 aliphatic rings. The molecule has 0 aromatic heterocycles. The molecule has 2 aromatic carbocycles. The number of allylic oxidation sites excluding steroid dienone is 1. The molecule has 43 heavy (non-hydrogen) atoms. The third-order valence-electron chi connectivity index (χ3n) is 8.65. The van der Waals surface area contributed by atoms with Gasteiger partial charge in [-0.15, -0.1) is 0 Å². The van der Waals surface area contributed by atoms with Crippen molar-refractivity contribution in [3.63, 3.8) is 0 Å². The van der Waals surface area contributed by atoms with Crippen LogP contribution >= 0.6 is 0 Å². The van der Waals surface area contributed by atoms with Crippen molar-refractivity contribution < 1.29 is 48.7 Å². The van der Waals surface area contributed by atoms with Crippen LogP contribution in [-0.4, -0.2) is 83.8 Å². The Morgan fingerprint density at radius 3 is 2.09 bits per heavy atom. The van der Waals surface area contributed by atoms with Crippen molar-refractivity contribution in [1.29, 1.82) is 0 Å². The van der Waals surface area contributed by atoms with E-state index in [2.05, 4.69) is 0 Å². The van der Waals surface area contributed by atoms with E-state index in [1.54, 1.807) is 40.0 Å². The van der Waals surface area contributed by atoms with Crippen LogP contribution in [0.25, 0.3) is 6.08 Å². The van der Waals surface area contributed by atoms with Gasteiger partial charge in [-0.05, 0) is 40.8 Å². The standard InChI is InChI=1S/C31H34N2O10/c1-9-12(2)31(39)43-11-17-18-15(23(34)13(3)28(41-7)29(18)42-8)10-16-21-19-20(24(35)14(4)27(40-6)26(19)37)25(36)22(32(21)5)30(38)33(16)17/h9-10,17,21-22,34-35,37H,11H2,1-8H3/b12-9-/t17-,21-,22+/m0/s1. The van der Waals surface area contributed by atoms with E-state index in [-0.39, 0.29) is 63.3 Å². The monoisotopic (exact) mass is 594 g/mol. The Hall–Kier alpha value is -4.71. The number of likely N-dealkylation sites (N-methyl/N-ethyl adjacent to an activating group) is 1. The minimum atomic E-state index is -1.38. The molecule has 0 radical (unpaired) electrons. The predicted octanol–water partition coefficient (Wildman–Crippen LogP) is 3.43.